The average Bonchev–Trinajstić information content (AvgIpc) is 2.30. The van der Waals surface area contributed by atoms with Crippen LogP contribution in [0, 0.1) is 0 Å². The third kappa shape index (κ3) is 3.84. The molecular weight excluding hydrogens is 214 g/mol. The van der Waals surface area contributed by atoms with Gasteiger partial charge >= 0.3 is 0 Å². The lowest BCUT2D eigenvalue weighted by Gasteiger charge is -2.17. The van der Waals surface area contributed by atoms with Gasteiger partial charge in [-0.15, -0.1) is 0 Å². The molecular formula is C14H23NS. The summed E-state index contributed by atoms with van der Waals surface area (Å²) in [6.07, 6.45) is 3.35. The highest BCUT2D eigenvalue weighted by Crippen LogP contribution is 2.21. The van der Waals surface area contributed by atoms with Crippen molar-refractivity contribution in [2.45, 2.75) is 32.2 Å². The van der Waals surface area contributed by atoms with Crippen molar-refractivity contribution < 1.29 is 0 Å². The molecule has 90 valence electrons. The maximum atomic E-state index is 3.39. The van der Waals surface area contributed by atoms with Crippen LogP contribution < -0.4 is 5.32 Å². The predicted molar refractivity (Wildman–Crippen MR) is 75.3 cm³/mol. The van der Waals surface area contributed by atoms with Gasteiger partial charge in [0.05, 0.1) is 0 Å². The normalized spacial score (nSPS) is 13.1. The van der Waals surface area contributed by atoms with Crippen molar-refractivity contribution in [1.29, 1.82) is 0 Å². The molecule has 0 saturated heterocycles. The molecule has 0 fully saturated rings. The van der Waals surface area contributed by atoms with Crippen molar-refractivity contribution >= 4 is 11.8 Å². The van der Waals surface area contributed by atoms with Crippen LogP contribution >= 0.6 is 11.8 Å². The molecule has 1 unspecified atom stereocenters. The third-order valence-electron chi connectivity index (χ3n) is 2.96. The number of hydrogen-bond donors (Lipinski definition) is 1. The first-order chi connectivity index (χ1) is 7.69. The predicted octanol–water partition coefficient (Wildman–Crippen LogP) is 3.82. The molecule has 0 radical (unpaired) electrons. The molecule has 1 rings (SSSR count). The summed E-state index contributed by atoms with van der Waals surface area (Å²) in [5.41, 5.74) is 2.82. The molecule has 0 bridgehead atoms. The molecule has 0 aliphatic rings. The van der Waals surface area contributed by atoms with Gasteiger partial charge in [0.25, 0.3) is 0 Å². The monoisotopic (exact) mass is 237 g/mol. The summed E-state index contributed by atoms with van der Waals surface area (Å²) in [6.45, 7) is 4.47. The van der Waals surface area contributed by atoms with E-state index in [0.717, 1.165) is 0 Å². The number of nitrogens with one attached hydrogen (secondary N) is 1. The second kappa shape index (κ2) is 6.97. The minimum Gasteiger partial charge on any atom is -0.313 e. The zero-order valence-corrected chi connectivity index (χ0v) is 11.6. The van der Waals surface area contributed by atoms with Crippen molar-refractivity contribution in [3.05, 3.63) is 35.4 Å². The largest absolute Gasteiger partial charge is 0.313 e. The van der Waals surface area contributed by atoms with Crippen LogP contribution in [0.3, 0.4) is 0 Å². The van der Waals surface area contributed by atoms with Gasteiger partial charge in [-0.1, -0.05) is 38.1 Å². The van der Waals surface area contributed by atoms with Crippen LogP contribution in [0.2, 0.25) is 0 Å². The smallest absolute Gasteiger partial charge is 0.0325 e. The van der Waals surface area contributed by atoms with E-state index in [1.807, 2.05) is 18.8 Å². The first kappa shape index (κ1) is 13.6. The Labute approximate surface area is 104 Å². The SMILES string of the molecule is CNC(CCSC)c1ccc(C(C)C)cc1. The second-order valence-corrected chi connectivity index (χ2v) is 5.43. The molecule has 1 nitrogen and oxygen atoms in total. The first-order valence-corrected chi connectivity index (χ1v) is 7.34. The lowest BCUT2D eigenvalue weighted by atomic mass is 9.98. The van der Waals surface area contributed by atoms with Gasteiger partial charge in [0, 0.05) is 6.04 Å². The second-order valence-electron chi connectivity index (χ2n) is 4.44. The first-order valence-electron chi connectivity index (χ1n) is 5.95. The van der Waals surface area contributed by atoms with Crippen molar-refractivity contribution in [3.63, 3.8) is 0 Å². The molecule has 1 aromatic rings. The van der Waals surface area contributed by atoms with E-state index < -0.39 is 0 Å². The van der Waals surface area contributed by atoms with E-state index in [2.05, 4.69) is 49.7 Å². The van der Waals surface area contributed by atoms with Crippen LogP contribution in [0.5, 0.6) is 0 Å². The molecule has 16 heavy (non-hydrogen) atoms. The number of benzene rings is 1. The van der Waals surface area contributed by atoms with Crippen LogP contribution in [0.1, 0.15) is 43.4 Å². The van der Waals surface area contributed by atoms with Gasteiger partial charge in [0.1, 0.15) is 0 Å². The number of thioether (sulfide) groups is 1. The molecule has 0 heterocycles. The molecule has 0 aromatic heterocycles. The van der Waals surface area contributed by atoms with Gasteiger partial charge < -0.3 is 5.32 Å². The fourth-order valence-corrected chi connectivity index (χ4v) is 2.30. The highest BCUT2D eigenvalue weighted by Gasteiger charge is 2.08. The molecule has 0 spiro atoms. The topological polar surface area (TPSA) is 12.0 Å². The third-order valence-corrected chi connectivity index (χ3v) is 3.61. The summed E-state index contributed by atoms with van der Waals surface area (Å²) in [6, 6.07) is 9.52. The summed E-state index contributed by atoms with van der Waals surface area (Å²) in [5.74, 6) is 1.82. The summed E-state index contributed by atoms with van der Waals surface area (Å²) in [7, 11) is 2.04. The van der Waals surface area contributed by atoms with Crippen molar-refractivity contribution in [2.24, 2.45) is 0 Å². The number of hydrogen-bond acceptors (Lipinski definition) is 2. The van der Waals surface area contributed by atoms with Crippen molar-refractivity contribution in [1.82, 2.24) is 5.32 Å². The van der Waals surface area contributed by atoms with Gasteiger partial charge in [0.2, 0.25) is 0 Å². The molecule has 0 saturated carbocycles. The van der Waals surface area contributed by atoms with Gasteiger partial charge in [-0.3, -0.25) is 0 Å². The van der Waals surface area contributed by atoms with E-state index >= 15 is 0 Å². The number of rotatable bonds is 6. The zero-order chi connectivity index (χ0) is 12.0. The van der Waals surface area contributed by atoms with Crippen molar-refractivity contribution in [2.75, 3.05) is 19.1 Å². The summed E-state index contributed by atoms with van der Waals surface area (Å²) >= 11 is 1.91. The lowest BCUT2D eigenvalue weighted by Crippen LogP contribution is -2.17. The summed E-state index contributed by atoms with van der Waals surface area (Å²) in [4.78, 5) is 0. The maximum Gasteiger partial charge on any atom is 0.0325 e. The Balaban J connectivity index is 2.70. The fraction of sp³-hybridized carbons (Fsp3) is 0.571. The van der Waals surface area contributed by atoms with Crippen molar-refractivity contribution in [3.8, 4) is 0 Å². The average molecular weight is 237 g/mol. The van der Waals surface area contributed by atoms with Crippen LogP contribution in [0.25, 0.3) is 0 Å². The van der Waals surface area contributed by atoms with Crippen LogP contribution in [-0.4, -0.2) is 19.1 Å². The van der Waals surface area contributed by atoms with Crippen LogP contribution in [0.15, 0.2) is 24.3 Å². The van der Waals surface area contributed by atoms with Gasteiger partial charge in [-0.2, -0.15) is 11.8 Å². The van der Waals surface area contributed by atoms with Gasteiger partial charge in [0.15, 0.2) is 0 Å². The van der Waals surface area contributed by atoms with E-state index in [4.69, 9.17) is 0 Å². The highest BCUT2D eigenvalue weighted by atomic mass is 32.2. The van der Waals surface area contributed by atoms with E-state index in [-0.39, 0.29) is 0 Å². The Bertz CT molecular complexity index is 292. The molecule has 1 N–H and O–H groups in total. The molecule has 2 heteroatoms. The molecule has 0 aliphatic carbocycles. The molecule has 0 amide bonds. The van der Waals surface area contributed by atoms with Gasteiger partial charge in [-0.05, 0) is 42.5 Å². The maximum absolute atomic E-state index is 3.39. The van der Waals surface area contributed by atoms with E-state index in [1.165, 1.54) is 23.3 Å². The minimum absolute atomic E-state index is 0.494. The lowest BCUT2D eigenvalue weighted by molar-refractivity contribution is 0.581. The van der Waals surface area contributed by atoms with Crippen LogP contribution in [0.4, 0.5) is 0 Å². The Morgan fingerprint density at radius 1 is 1.12 bits per heavy atom. The van der Waals surface area contributed by atoms with Crippen LogP contribution in [-0.2, 0) is 0 Å². The summed E-state index contributed by atoms with van der Waals surface area (Å²) < 4.78 is 0. The Morgan fingerprint density at radius 2 is 1.69 bits per heavy atom. The van der Waals surface area contributed by atoms with E-state index in [1.54, 1.807) is 0 Å². The molecule has 1 aromatic carbocycles. The Morgan fingerprint density at radius 3 is 2.12 bits per heavy atom. The quantitative estimate of drug-likeness (QED) is 0.807. The fourth-order valence-electron chi connectivity index (χ4n) is 1.83. The standard InChI is InChI=1S/C14H23NS/c1-11(2)12-5-7-13(8-6-12)14(15-3)9-10-16-4/h5-8,11,14-15H,9-10H2,1-4H3. The summed E-state index contributed by atoms with van der Waals surface area (Å²) in [5, 5.41) is 3.39. The minimum atomic E-state index is 0.494. The Kier molecular flexibility index (Phi) is 5.93. The Hall–Kier alpha value is -0.470. The van der Waals surface area contributed by atoms with Gasteiger partial charge in [-0.25, -0.2) is 0 Å². The van der Waals surface area contributed by atoms with E-state index in [0.29, 0.717) is 12.0 Å². The zero-order valence-electron chi connectivity index (χ0n) is 10.8. The highest BCUT2D eigenvalue weighted by molar-refractivity contribution is 7.98. The van der Waals surface area contributed by atoms with E-state index in [9.17, 15) is 0 Å². The molecule has 0 aliphatic heterocycles. The molecule has 1 atom stereocenters.